The number of fused-ring (bicyclic) bond motifs is 3. The number of nitrogens with zero attached hydrogens (tertiary/aromatic N) is 4. The molecule has 8 nitrogen and oxygen atoms in total. The molecule has 0 atom stereocenters. The number of anilines is 1. The van der Waals surface area contributed by atoms with Crippen LogP contribution < -0.4 is 5.32 Å². The number of carbonyl (C=O) groups excluding carboxylic acids is 2. The summed E-state index contributed by atoms with van der Waals surface area (Å²) in [5.41, 5.74) is -0.764. The van der Waals surface area contributed by atoms with Gasteiger partial charge in [0.1, 0.15) is 17.1 Å². The Bertz CT molecular complexity index is 1100. The lowest BCUT2D eigenvalue weighted by atomic mass is 10.0. The van der Waals surface area contributed by atoms with Gasteiger partial charge in [-0.1, -0.05) is 0 Å². The van der Waals surface area contributed by atoms with Gasteiger partial charge in [-0.3, -0.25) is 14.3 Å². The lowest BCUT2D eigenvalue weighted by Gasteiger charge is -2.28. The zero-order valence-corrected chi connectivity index (χ0v) is 17.6. The summed E-state index contributed by atoms with van der Waals surface area (Å²) in [7, 11) is 1.50. The van der Waals surface area contributed by atoms with Gasteiger partial charge in [-0.05, 0) is 32.0 Å². The molecule has 0 aliphatic carbocycles. The Kier molecular flexibility index (Phi) is 5.15. The summed E-state index contributed by atoms with van der Waals surface area (Å²) < 4.78 is 53.9. The van der Waals surface area contributed by atoms with Crippen molar-refractivity contribution in [3.8, 4) is 0 Å². The number of rotatable bonds is 1. The van der Waals surface area contributed by atoms with Gasteiger partial charge in [0.2, 0.25) is 0 Å². The quantitative estimate of drug-likeness (QED) is 0.669. The summed E-state index contributed by atoms with van der Waals surface area (Å²) in [5, 5.41) is 8.03. The summed E-state index contributed by atoms with van der Waals surface area (Å²) in [6.45, 7) is 4.28. The summed E-state index contributed by atoms with van der Waals surface area (Å²) in [5.74, 6) is -1.83. The molecule has 172 valence electrons. The molecule has 3 heterocycles. The largest absolute Gasteiger partial charge is 0.419 e. The maximum absolute atomic E-state index is 13.5. The van der Waals surface area contributed by atoms with Crippen LogP contribution in [-0.2, 0) is 30.5 Å². The number of halogens is 4. The first-order chi connectivity index (χ1) is 14.9. The second-order valence-electron chi connectivity index (χ2n) is 8.38. The standard InChI is InChI=1S/C20H21F4N5O3/c1-19(2)10-29-16(17(30)27(3)32-19)12-9-28(7-6-15(12)26-29)18(31)25-11-4-5-14(21)13(8-11)20(22,23)24/h4-5,8H,6-7,9-10H2,1-3H3,(H,25,31). The number of amides is 3. The summed E-state index contributed by atoms with van der Waals surface area (Å²) in [6, 6.07) is 1.59. The number of aromatic nitrogens is 2. The van der Waals surface area contributed by atoms with Crippen LogP contribution in [0.3, 0.4) is 0 Å². The van der Waals surface area contributed by atoms with Crippen molar-refractivity contribution in [2.45, 2.75) is 45.1 Å². The molecule has 3 amide bonds. The Hall–Kier alpha value is -3.15. The predicted octanol–water partition coefficient (Wildman–Crippen LogP) is 3.43. The highest BCUT2D eigenvalue weighted by atomic mass is 19.4. The molecule has 12 heteroatoms. The molecule has 2 aromatic rings. The summed E-state index contributed by atoms with van der Waals surface area (Å²) in [4.78, 5) is 32.6. The molecular formula is C20H21F4N5O3. The van der Waals surface area contributed by atoms with Gasteiger partial charge in [-0.25, -0.2) is 14.2 Å². The van der Waals surface area contributed by atoms with Gasteiger partial charge in [-0.15, -0.1) is 0 Å². The number of hydrogen-bond donors (Lipinski definition) is 1. The lowest BCUT2D eigenvalue weighted by Crippen LogP contribution is -2.40. The number of nitrogens with one attached hydrogen (secondary N) is 1. The zero-order valence-electron chi connectivity index (χ0n) is 17.6. The fourth-order valence-electron chi connectivity index (χ4n) is 3.93. The number of hydroxylamine groups is 2. The van der Waals surface area contributed by atoms with E-state index in [2.05, 4.69) is 10.4 Å². The van der Waals surface area contributed by atoms with Gasteiger partial charge in [0.15, 0.2) is 0 Å². The van der Waals surface area contributed by atoms with Crippen LogP contribution in [0.5, 0.6) is 0 Å². The molecule has 0 fully saturated rings. The van der Waals surface area contributed by atoms with E-state index in [-0.39, 0.29) is 18.8 Å². The molecule has 1 aromatic carbocycles. The minimum atomic E-state index is -4.89. The van der Waals surface area contributed by atoms with E-state index in [1.807, 2.05) is 13.8 Å². The maximum Gasteiger partial charge on any atom is 0.419 e. The maximum atomic E-state index is 13.5. The van der Waals surface area contributed by atoms with Crippen molar-refractivity contribution in [1.29, 1.82) is 0 Å². The summed E-state index contributed by atoms with van der Waals surface area (Å²) in [6.07, 6.45) is -4.51. The van der Waals surface area contributed by atoms with Crippen molar-refractivity contribution in [3.63, 3.8) is 0 Å². The first kappa shape index (κ1) is 22.1. The predicted molar refractivity (Wildman–Crippen MR) is 104 cm³/mol. The molecule has 0 spiro atoms. The zero-order chi connectivity index (χ0) is 23.4. The van der Waals surface area contributed by atoms with Crippen molar-refractivity contribution in [2.24, 2.45) is 0 Å². The van der Waals surface area contributed by atoms with Crippen LogP contribution in [0.15, 0.2) is 18.2 Å². The smallest absolute Gasteiger partial charge is 0.320 e. The Labute approximate surface area is 180 Å². The molecule has 0 radical (unpaired) electrons. The molecule has 2 aliphatic heterocycles. The highest BCUT2D eigenvalue weighted by Gasteiger charge is 2.38. The molecule has 2 aliphatic rings. The third-order valence-corrected chi connectivity index (χ3v) is 5.31. The Balaban J connectivity index is 1.57. The normalized spacial score (nSPS) is 18.2. The van der Waals surface area contributed by atoms with Crippen LogP contribution in [0, 0.1) is 5.82 Å². The van der Waals surface area contributed by atoms with E-state index in [1.165, 1.54) is 11.9 Å². The number of alkyl halides is 3. The van der Waals surface area contributed by atoms with Gasteiger partial charge in [0.05, 0.1) is 24.3 Å². The SMILES string of the molecule is CN1OC(C)(C)Cn2nc3c(c2C1=O)CN(C(=O)Nc1ccc(F)c(C(F)(F)F)c1)CC3. The van der Waals surface area contributed by atoms with Gasteiger partial charge in [0.25, 0.3) is 5.91 Å². The van der Waals surface area contributed by atoms with E-state index in [0.717, 1.165) is 11.1 Å². The summed E-state index contributed by atoms with van der Waals surface area (Å²) >= 11 is 0. The number of benzene rings is 1. The Morgan fingerprint density at radius 1 is 1.28 bits per heavy atom. The van der Waals surface area contributed by atoms with Crippen LogP contribution >= 0.6 is 0 Å². The third-order valence-electron chi connectivity index (χ3n) is 5.31. The van der Waals surface area contributed by atoms with Crippen molar-refractivity contribution >= 4 is 17.6 Å². The Morgan fingerprint density at radius 3 is 2.69 bits per heavy atom. The van der Waals surface area contributed by atoms with Crippen LogP contribution in [0.1, 0.15) is 41.2 Å². The van der Waals surface area contributed by atoms with E-state index >= 15 is 0 Å². The molecule has 0 saturated carbocycles. The Morgan fingerprint density at radius 2 is 2.00 bits per heavy atom. The van der Waals surface area contributed by atoms with Gasteiger partial charge >= 0.3 is 12.2 Å². The van der Waals surface area contributed by atoms with Crippen molar-refractivity contribution < 1.29 is 32.0 Å². The minimum absolute atomic E-state index is 0.0455. The lowest BCUT2D eigenvalue weighted by molar-refractivity contribution is -0.190. The van der Waals surface area contributed by atoms with E-state index in [4.69, 9.17) is 4.84 Å². The number of hydrogen-bond acceptors (Lipinski definition) is 4. The molecule has 1 aromatic heterocycles. The molecule has 0 saturated heterocycles. The van der Waals surface area contributed by atoms with Crippen LogP contribution in [0.4, 0.5) is 28.0 Å². The molecule has 0 bridgehead atoms. The minimum Gasteiger partial charge on any atom is -0.320 e. The van der Waals surface area contributed by atoms with Crippen LogP contribution in [-0.4, -0.2) is 50.9 Å². The van der Waals surface area contributed by atoms with E-state index in [0.29, 0.717) is 42.0 Å². The average Bonchev–Trinajstić information content (AvgIpc) is 2.99. The topological polar surface area (TPSA) is 79.7 Å². The molecule has 32 heavy (non-hydrogen) atoms. The fraction of sp³-hybridized carbons (Fsp3) is 0.450. The molecule has 1 N–H and O–H groups in total. The number of urea groups is 1. The first-order valence-corrected chi connectivity index (χ1v) is 9.84. The second kappa shape index (κ2) is 7.47. The van der Waals surface area contributed by atoms with E-state index in [9.17, 15) is 27.2 Å². The van der Waals surface area contributed by atoms with Gasteiger partial charge in [0, 0.05) is 31.3 Å². The highest BCUT2D eigenvalue weighted by Crippen LogP contribution is 2.33. The molecule has 0 unspecified atom stereocenters. The van der Waals surface area contributed by atoms with Crippen molar-refractivity contribution in [1.82, 2.24) is 19.7 Å². The van der Waals surface area contributed by atoms with E-state index in [1.54, 1.807) is 4.68 Å². The van der Waals surface area contributed by atoms with Gasteiger partial charge in [-0.2, -0.15) is 18.3 Å². The fourth-order valence-corrected chi connectivity index (χ4v) is 3.93. The monoisotopic (exact) mass is 455 g/mol. The third kappa shape index (κ3) is 4.01. The van der Waals surface area contributed by atoms with E-state index < -0.39 is 35.1 Å². The average molecular weight is 455 g/mol. The van der Waals surface area contributed by atoms with Crippen LogP contribution in [0.2, 0.25) is 0 Å². The number of carbonyl (C=O) groups is 2. The van der Waals surface area contributed by atoms with Crippen molar-refractivity contribution in [3.05, 3.63) is 46.5 Å². The second-order valence-corrected chi connectivity index (χ2v) is 8.38. The highest BCUT2D eigenvalue weighted by molar-refractivity contribution is 5.94. The van der Waals surface area contributed by atoms with Crippen LogP contribution in [0.25, 0.3) is 0 Å². The first-order valence-electron chi connectivity index (χ1n) is 9.84. The molecule has 4 rings (SSSR count). The molecular weight excluding hydrogens is 434 g/mol. The van der Waals surface area contributed by atoms with Crippen molar-refractivity contribution in [2.75, 3.05) is 18.9 Å². The van der Waals surface area contributed by atoms with Gasteiger partial charge < -0.3 is 10.2 Å².